The number of hydrogen-bond donors (Lipinski definition) is 2. The van der Waals surface area contributed by atoms with E-state index in [-0.39, 0.29) is 12.3 Å². The molecule has 0 bridgehead atoms. The summed E-state index contributed by atoms with van der Waals surface area (Å²) < 4.78 is 6.21. The van der Waals surface area contributed by atoms with Crippen LogP contribution in [0.15, 0.2) is 69.0 Å². The summed E-state index contributed by atoms with van der Waals surface area (Å²) in [6.45, 7) is 0.498. The van der Waals surface area contributed by atoms with Gasteiger partial charge in [0.05, 0.1) is 24.3 Å². The number of nitrogens with one attached hydrogen (secondary N) is 2. The number of rotatable bonds is 5. The van der Waals surface area contributed by atoms with Crippen LogP contribution in [0.25, 0.3) is 5.70 Å². The van der Waals surface area contributed by atoms with Gasteiger partial charge in [-0.15, -0.1) is 0 Å². The van der Waals surface area contributed by atoms with E-state index < -0.39 is 0 Å². The Balaban J connectivity index is 1.43. The molecule has 0 unspecified atom stereocenters. The molecule has 4 rings (SSSR count). The molecule has 29 heavy (non-hydrogen) atoms. The first kappa shape index (κ1) is 19.8. The zero-order valence-corrected chi connectivity index (χ0v) is 18.3. The minimum absolute atomic E-state index is 0.0227. The van der Waals surface area contributed by atoms with Crippen LogP contribution in [0.2, 0.25) is 0 Å². The fourth-order valence-corrected chi connectivity index (χ4v) is 4.47. The van der Waals surface area contributed by atoms with Crippen LogP contribution in [0.3, 0.4) is 0 Å². The number of halogens is 1. The fraction of sp³-hybridized carbons (Fsp3) is 0.182. The van der Waals surface area contributed by atoms with Gasteiger partial charge >= 0.3 is 0 Å². The monoisotopic (exact) mass is 469 g/mol. The molecular weight excluding hydrogens is 450 g/mol. The summed E-state index contributed by atoms with van der Waals surface area (Å²) in [6, 6.07) is 15.9. The third kappa shape index (κ3) is 4.26. The molecule has 0 aliphatic carbocycles. The second-order valence-corrected chi connectivity index (χ2v) is 8.55. The van der Waals surface area contributed by atoms with Gasteiger partial charge < -0.3 is 10.1 Å². The molecule has 1 amide bonds. The van der Waals surface area contributed by atoms with Crippen LogP contribution >= 0.6 is 27.7 Å². The molecule has 2 N–H and O–H groups in total. The summed E-state index contributed by atoms with van der Waals surface area (Å²) in [6.07, 6.45) is 0.960. The molecule has 0 saturated carbocycles. The highest BCUT2D eigenvalue weighted by Crippen LogP contribution is 2.36. The molecule has 0 radical (unpaired) electrons. The third-order valence-corrected chi connectivity index (χ3v) is 6.41. The maximum absolute atomic E-state index is 12.5. The number of methoxy groups -OCH3 is 1. The van der Waals surface area contributed by atoms with Gasteiger partial charge in [0.2, 0.25) is 5.91 Å². The normalized spacial score (nSPS) is 18.8. The first-order valence-electron chi connectivity index (χ1n) is 9.20. The number of likely N-dealkylation sites (tertiary alicyclic amines) is 1. The molecule has 5 nitrogen and oxygen atoms in total. The van der Waals surface area contributed by atoms with E-state index >= 15 is 0 Å². The van der Waals surface area contributed by atoms with Gasteiger partial charge in [-0.3, -0.25) is 15.1 Å². The van der Waals surface area contributed by atoms with E-state index in [0.717, 1.165) is 37.6 Å². The highest BCUT2D eigenvalue weighted by molar-refractivity contribution is 9.10. The van der Waals surface area contributed by atoms with E-state index in [1.807, 2.05) is 53.9 Å². The molecule has 0 atom stereocenters. The largest absolute Gasteiger partial charge is 0.497 e. The number of hydrogen-bond acceptors (Lipinski definition) is 5. The molecule has 2 aromatic carbocycles. The Morgan fingerprint density at radius 3 is 2.59 bits per heavy atom. The van der Waals surface area contributed by atoms with Crippen LogP contribution in [0, 0.1) is 5.41 Å². The lowest BCUT2D eigenvalue weighted by atomic mass is 10.1. The lowest BCUT2D eigenvalue weighted by Crippen LogP contribution is -2.31. The smallest absolute Gasteiger partial charge is 0.232 e. The van der Waals surface area contributed by atoms with Gasteiger partial charge in [0.1, 0.15) is 11.6 Å². The van der Waals surface area contributed by atoms with E-state index in [4.69, 9.17) is 10.1 Å². The molecule has 2 aliphatic heterocycles. The number of thioether (sulfide) groups is 1. The SMILES string of the molecule is COc1ccc(CCN2C(=N)/C(=C3/NC(c4ccc(Br)cc4)=CS3)CC2=O)cc1. The predicted molar refractivity (Wildman–Crippen MR) is 121 cm³/mol. The Hall–Kier alpha value is -2.51. The number of ether oxygens (including phenoxy) is 1. The molecule has 148 valence electrons. The van der Waals surface area contributed by atoms with Gasteiger partial charge in [0.15, 0.2) is 0 Å². The van der Waals surface area contributed by atoms with Crippen LogP contribution in [0.1, 0.15) is 17.5 Å². The minimum Gasteiger partial charge on any atom is -0.497 e. The molecule has 1 saturated heterocycles. The molecule has 2 aliphatic rings. The van der Waals surface area contributed by atoms with Crippen molar-refractivity contribution in [2.24, 2.45) is 0 Å². The highest BCUT2D eigenvalue weighted by Gasteiger charge is 2.34. The number of amidine groups is 1. The lowest BCUT2D eigenvalue weighted by Gasteiger charge is -2.16. The van der Waals surface area contributed by atoms with Gasteiger partial charge in [0, 0.05) is 22.0 Å². The van der Waals surface area contributed by atoms with E-state index in [2.05, 4.69) is 21.2 Å². The molecule has 7 heteroatoms. The average Bonchev–Trinajstić information content (AvgIpc) is 3.32. The van der Waals surface area contributed by atoms with E-state index in [0.29, 0.717) is 18.8 Å². The van der Waals surface area contributed by atoms with Crippen molar-refractivity contribution in [1.29, 1.82) is 5.41 Å². The second kappa shape index (κ2) is 8.47. The average molecular weight is 470 g/mol. The molecular formula is C22H20BrN3O2S. The number of benzene rings is 2. The zero-order chi connectivity index (χ0) is 20.4. The first-order chi connectivity index (χ1) is 14.0. The van der Waals surface area contributed by atoms with Gasteiger partial charge in [0.25, 0.3) is 0 Å². The van der Waals surface area contributed by atoms with E-state index in [1.165, 1.54) is 11.8 Å². The maximum Gasteiger partial charge on any atom is 0.232 e. The first-order valence-corrected chi connectivity index (χ1v) is 10.9. The Bertz CT molecular complexity index is 1010. The fourth-order valence-electron chi connectivity index (χ4n) is 3.29. The lowest BCUT2D eigenvalue weighted by molar-refractivity contribution is -0.125. The van der Waals surface area contributed by atoms with Crippen molar-refractivity contribution >= 4 is 45.1 Å². The summed E-state index contributed by atoms with van der Waals surface area (Å²) in [7, 11) is 1.64. The summed E-state index contributed by atoms with van der Waals surface area (Å²) in [5, 5.41) is 14.8. The Morgan fingerprint density at radius 1 is 1.17 bits per heavy atom. The molecule has 0 aromatic heterocycles. The summed E-state index contributed by atoms with van der Waals surface area (Å²) in [5.41, 5.74) is 3.93. The number of nitrogens with zero attached hydrogens (tertiary/aromatic N) is 1. The van der Waals surface area contributed by atoms with Crippen molar-refractivity contribution in [1.82, 2.24) is 10.2 Å². The number of amides is 1. The van der Waals surface area contributed by atoms with Crippen molar-refractivity contribution < 1.29 is 9.53 Å². The van der Waals surface area contributed by atoms with Crippen molar-refractivity contribution in [2.45, 2.75) is 12.8 Å². The van der Waals surface area contributed by atoms with Gasteiger partial charge in [-0.2, -0.15) is 0 Å². The maximum atomic E-state index is 12.5. The van der Waals surface area contributed by atoms with Gasteiger partial charge in [-0.25, -0.2) is 0 Å². The third-order valence-electron chi connectivity index (χ3n) is 4.94. The topological polar surface area (TPSA) is 65.4 Å². The van der Waals surface area contributed by atoms with Crippen LogP contribution in [0.5, 0.6) is 5.75 Å². The van der Waals surface area contributed by atoms with Crippen LogP contribution in [-0.4, -0.2) is 30.3 Å². The van der Waals surface area contributed by atoms with Gasteiger partial charge in [-0.05, 0) is 41.8 Å². The minimum atomic E-state index is -0.0227. The van der Waals surface area contributed by atoms with Crippen LogP contribution in [-0.2, 0) is 11.2 Å². The van der Waals surface area contributed by atoms with Crippen LogP contribution in [0.4, 0.5) is 0 Å². The Kier molecular flexibility index (Phi) is 5.78. The summed E-state index contributed by atoms with van der Waals surface area (Å²) in [5.74, 6) is 1.08. The molecule has 0 spiro atoms. The molecule has 1 fully saturated rings. The van der Waals surface area contributed by atoms with Crippen molar-refractivity contribution in [2.75, 3.05) is 13.7 Å². The van der Waals surface area contributed by atoms with Crippen molar-refractivity contribution in [3.05, 3.63) is 80.1 Å². The van der Waals surface area contributed by atoms with E-state index in [1.54, 1.807) is 12.0 Å². The molecule has 2 heterocycles. The summed E-state index contributed by atoms with van der Waals surface area (Å²) in [4.78, 5) is 14.1. The predicted octanol–water partition coefficient (Wildman–Crippen LogP) is 4.76. The van der Waals surface area contributed by atoms with E-state index in [9.17, 15) is 4.79 Å². The Labute approximate surface area is 182 Å². The second-order valence-electron chi connectivity index (χ2n) is 6.76. The standard InChI is InChI=1S/C22H20BrN3O2S/c1-28-17-8-2-14(3-9-17)10-11-26-20(27)12-18(21(26)24)22-25-19(13-29-22)15-4-6-16(23)7-5-15/h2-9,13,24-25H,10-12H2,1H3/b22-18-,24-21?. The molecule has 2 aromatic rings. The van der Waals surface area contributed by atoms with Crippen LogP contribution < -0.4 is 10.1 Å². The number of carbonyl (C=O) groups is 1. The van der Waals surface area contributed by atoms with Crippen molar-refractivity contribution in [3.8, 4) is 5.75 Å². The Morgan fingerprint density at radius 2 is 1.90 bits per heavy atom. The summed E-state index contributed by atoms with van der Waals surface area (Å²) >= 11 is 4.98. The quantitative estimate of drug-likeness (QED) is 0.662. The zero-order valence-electron chi connectivity index (χ0n) is 15.9. The van der Waals surface area contributed by atoms with Crippen molar-refractivity contribution in [3.63, 3.8) is 0 Å². The van der Waals surface area contributed by atoms with Gasteiger partial charge in [-0.1, -0.05) is 52.0 Å². The number of carbonyl (C=O) groups excluding carboxylic acids is 1. The highest BCUT2D eigenvalue weighted by atomic mass is 79.9.